The molecule has 6 heteroatoms. The van der Waals surface area contributed by atoms with Crippen molar-refractivity contribution < 1.29 is 14.0 Å². The second kappa shape index (κ2) is 7.71. The van der Waals surface area contributed by atoms with Gasteiger partial charge in [0.25, 0.3) is 0 Å². The Labute approximate surface area is 172 Å². The van der Waals surface area contributed by atoms with Crippen molar-refractivity contribution in [2.24, 2.45) is 5.41 Å². The van der Waals surface area contributed by atoms with Gasteiger partial charge in [0, 0.05) is 43.1 Å². The lowest BCUT2D eigenvalue weighted by molar-refractivity contribution is -0.138. The van der Waals surface area contributed by atoms with Gasteiger partial charge in [-0.05, 0) is 32.4 Å². The van der Waals surface area contributed by atoms with Crippen LogP contribution in [-0.2, 0) is 16.1 Å². The topological polar surface area (TPSA) is 43.9 Å². The van der Waals surface area contributed by atoms with Crippen LogP contribution in [0.25, 0.3) is 0 Å². The predicted octanol–water partition coefficient (Wildman–Crippen LogP) is 3.04. The minimum absolute atomic E-state index is 0.0230. The third kappa shape index (κ3) is 3.56. The number of nitrogens with zero attached hydrogens (tertiary/aromatic N) is 3. The van der Waals surface area contributed by atoms with E-state index in [-0.39, 0.29) is 47.7 Å². The summed E-state index contributed by atoms with van der Waals surface area (Å²) in [4.78, 5) is 31.8. The van der Waals surface area contributed by atoms with Crippen LogP contribution in [0.2, 0.25) is 0 Å². The van der Waals surface area contributed by atoms with Gasteiger partial charge >= 0.3 is 0 Å². The molecule has 5 nitrogen and oxygen atoms in total. The third-order valence-electron chi connectivity index (χ3n) is 7.41. The number of hydrogen-bond acceptors (Lipinski definition) is 3. The molecule has 29 heavy (non-hydrogen) atoms. The average molecular weight is 402 g/mol. The Kier molecular flexibility index (Phi) is 5.40. The van der Waals surface area contributed by atoms with E-state index >= 15 is 0 Å². The maximum absolute atomic E-state index is 14.0. The summed E-state index contributed by atoms with van der Waals surface area (Å²) in [5.74, 6) is -0.00814. The lowest BCUT2D eigenvalue weighted by Gasteiger charge is -2.46. The third-order valence-corrected chi connectivity index (χ3v) is 7.41. The molecule has 2 aliphatic heterocycles. The SMILES string of the molecule is CC(=O)N1C[C@@H]2C[C@@]3(C)[C@H](CCCC[C@@H]13)N2C(=O)CN(C)Cc1ccccc1F. The zero-order valence-corrected chi connectivity index (χ0v) is 17.7. The molecule has 1 saturated carbocycles. The van der Waals surface area contributed by atoms with Crippen LogP contribution in [0.15, 0.2) is 24.3 Å². The molecule has 0 radical (unpaired) electrons. The standard InChI is InChI=1S/C23H32FN3O2/c1-16(28)26-14-18-12-23(2)20(26)10-6-7-11-21(23)27(18)22(29)15-25(3)13-17-8-4-5-9-19(17)24/h4-5,8-9,18,20-21H,6-7,10-15H2,1-3H3/t18-,20+,21-,23+/m0/s1. The first-order chi connectivity index (χ1) is 13.8. The highest BCUT2D eigenvalue weighted by atomic mass is 19.1. The van der Waals surface area contributed by atoms with Gasteiger partial charge in [0.2, 0.25) is 11.8 Å². The molecule has 3 aliphatic rings. The maximum Gasteiger partial charge on any atom is 0.237 e. The van der Waals surface area contributed by atoms with Gasteiger partial charge in [-0.3, -0.25) is 14.5 Å². The van der Waals surface area contributed by atoms with Gasteiger partial charge in [0.05, 0.1) is 12.6 Å². The molecule has 1 aromatic carbocycles. The lowest BCUT2D eigenvalue weighted by Crippen LogP contribution is -2.55. The molecule has 0 aromatic heterocycles. The normalized spacial score (nSPS) is 31.1. The average Bonchev–Trinajstić information content (AvgIpc) is 2.77. The van der Waals surface area contributed by atoms with Gasteiger partial charge in [-0.25, -0.2) is 4.39 Å². The summed E-state index contributed by atoms with van der Waals surface area (Å²) >= 11 is 0. The van der Waals surface area contributed by atoms with Crippen LogP contribution < -0.4 is 0 Å². The van der Waals surface area contributed by atoms with Gasteiger partial charge in [0.1, 0.15) is 5.82 Å². The molecule has 2 saturated heterocycles. The summed E-state index contributed by atoms with van der Waals surface area (Å²) in [6.45, 7) is 5.26. The Morgan fingerprint density at radius 3 is 2.59 bits per heavy atom. The van der Waals surface area contributed by atoms with Crippen molar-refractivity contribution in [2.75, 3.05) is 20.1 Å². The fraction of sp³-hybridized carbons (Fsp3) is 0.652. The lowest BCUT2D eigenvalue weighted by atomic mass is 9.71. The Morgan fingerprint density at radius 1 is 1.21 bits per heavy atom. The molecule has 158 valence electrons. The molecular formula is C23H32FN3O2. The zero-order valence-electron chi connectivity index (χ0n) is 17.7. The first-order valence-electron chi connectivity index (χ1n) is 10.8. The van der Waals surface area contributed by atoms with Gasteiger partial charge in [-0.1, -0.05) is 38.0 Å². The Bertz CT molecular complexity index is 800. The summed E-state index contributed by atoms with van der Waals surface area (Å²) in [6, 6.07) is 7.24. The smallest absolute Gasteiger partial charge is 0.237 e. The summed E-state index contributed by atoms with van der Waals surface area (Å²) < 4.78 is 14.0. The number of hydrogen-bond donors (Lipinski definition) is 0. The highest BCUT2D eigenvalue weighted by Crippen LogP contribution is 2.53. The van der Waals surface area contributed by atoms with E-state index in [2.05, 4.69) is 11.8 Å². The summed E-state index contributed by atoms with van der Waals surface area (Å²) in [5, 5.41) is 0. The first-order valence-corrected chi connectivity index (χ1v) is 10.8. The molecule has 4 atom stereocenters. The van der Waals surface area contributed by atoms with E-state index in [1.54, 1.807) is 19.1 Å². The van der Waals surface area contributed by atoms with Gasteiger partial charge in [-0.15, -0.1) is 0 Å². The van der Waals surface area contributed by atoms with Crippen LogP contribution in [0.1, 0.15) is 51.5 Å². The van der Waals surface area contributed by atoms with Gasteiger partial charge in [0.15, 0.2) is 0 Å². The second-order valence-corrected chi connectivity index (χ2v) is 9.42. The van der Waals surface area contributed by atoms with E-state index < -0.39 is 0 Å². The van der Waals surface area contributed by atoms with E-state index in [1.807, 2.05) is 22.9 Å². The van der Waals surface area contributed by atoms with Crippen molar-refractivity contribution in [3.63, 3.8) is 0 Å². The van der Waals surface area contributed by atoms with Crippen LogP contribution in [0.3, 0.4) is 0 Å². The second-order valence-electron chi connectivity index (χ2n) is 9.42. The van der Waals surface area contributed by atoms with Gasteiger partial charge < -0.3 is 9.80 Å². The number of carbonyl (C=O) groups is 2. The number of piperidine rings is 1. The Hall–Kier alpha value is -1.95. The molecule has 2 amide bonds. The van der Waals surface area contributed by atoms with Crippen molar-refractivity contribution in [3.8, 4) is 0 Å². The van der Waals surface area contributed by atoms with E-state index in [0.717, 1.165) is 32.1 Å². The fourth-order valence-electron chi connectivity index (χ4n) is 6.18. The van der Waals surface area contributed by atoms with Crippen LogP contribution in [0.4, 0.5) is 4.39 Å². The van der Waals surface area contributed by atoms with E-state index in [0.29, 0.717) is 18.7 Å². The van der Waals surface area contributed by atoms with Crippen LogP contribution in [0.5, 0.6) is 0 Å². The number of amides is 2. The predicted molar refractivity (Wildman–Crippen MR) is 110 cm³/mol. The molecule has 2 heterocycles. The monoisotopic (exact) mass is 401 g/mol. The summed E-state index contributed by atoms with van der Waals surface area (Å²) in [6.07, 6.45) is 5.24. The zero-order chi connectivity index (χ0) is 20.8. The van der Waals surface area contributed by atoms with Crippen LogP contribution >= 0.6 is 0 Å². The number of likely N-dealkylation sites (tertiary alicyclic amines) is 2. The number of halogens is 1. The molecule has 0 unspecified atom stereocenters. The van der Waals surface area contributed by atoms with Gasteiger partial charge in [-0.2, -0.15) is 0 Å². The van der Waals surface area contributed by atoms with Crippen molar-refractivity contribution in [3.05, 3.63) is 35.6 Å². The Morgan fingerprint density at radius 2 is 1.90 bits per heavy atom. The summed E-state index contributed by atoms with van der Waals surface area (Å²) in [7, 11) is 1.87. The highest BCUT2D eigenvalue weighted by molar-refractivity contribution is 5.80. The minimum Gasteiger partial charge on any atom is -0.337 e. The molecule has 2 bridgehead atoms. The number of rotatable bonds is 4. The quantitative estimate of drug-likeness (QED) is 0.779. The van der Waals surface area contributed by atoms with Crippen molar-refractivity contribution in [2.45, 2.75) is 70.6 Å². The van der Waals surface area contributed by atoms with Crippen molar-refractivity contribution in [1.29, 1.82) is 0 Å². The highest BCUT2D eigenvalue weighted by Gasteiger charge is 2.60. The van der Waals surface area contributed by atoms with Crippen LogP contribution in [0, 0.1) is 11.2 Å². The number of benzene rings is 1. The van der Waals surface area contributed by atoms with E-state index in [9.17, 15) is 14.0 Å². The van der Waals surface area contributed by atoms with Crippen molar-refractivity contribution in [1.82, 2.24) is 14.7 Å². The van der Waals surface area contributed by atoms with Crippen molar-refractivity contribution >= 4 is 11.8 Å². The molecule has 0 spiro atoms. The first kappa shape index (κ1) is 20.3. The number of carbonyl (C=O) groups excluding carboxylic acids is 2. The maximum atomic E-state index is 14.0. The van der Waals surface area contributed by atoms with Crippen LogP contribution in [-0.4, -0.2) is 64.8 Å². The molecule has 4 rings (SSSR count). The minimum atomic E-state index is -0.236. The Balaban J connectivity index is 1.52. The summed E-state index contributed by atoms with van der Waals surface area (Å²) in [5.41, 5.74) is 0.581. The number of fused-ring (bicyclic) bond motifs is 1. The number of likely N-dealkylation sites (N-methyl/N-ethyl adjacent to an activating group) is 1. The molecule has 1 aliphatic carbocycles. The fourth-order valence-corrected chi connectivity index (χ4v) is 6.18. The molecular weight excluding hydrogens is 369 g/mol. The molecule has 1 aromatic rings. The largest absolute Gasteiger partial charge is 0.337 e. The molecule has 3 fully saturated rings. The van der Waals surface area contributed by atoms with E-state index in [1.165, 1.54) is 6.07 Å². The van der Waals surface area contributed by atoms with E-state index in [4.69, 9.17) is 0 Å². The molecule has 0 N–H and O–H groups in total.